The lowest BCUT2D eigenvalue weighted by molar-refractivity contribution is 0.0947. The van der Waals surface area contributed by atoms with Crippen LogP contribution >= 0.6 is 0 Å². The largest absolute Gasteiger partial charge is 0.394 e. The van der Waals surface area contributed by atoms with E-state index in [-0.39, 0.29) is 24.3 Å². The molecule has 0 spiro atoms. The van der Waals surface area contributed by atoms with Crippen molar-refractivity contribution in [2.24, 2.45) is 7.05 Å². The van der Waals surface area contributed by atoms with Gasteiger partial charge in [-0.25, -0.2) is 9.37 Å². The number of amides is 1. The highest BCUT2D eigenvalue weighted by Gasteiger charge is 2.26. The lowest BCUT2D eigenvalue weighted by atomic mass is 9.97. The third kappa shape index (κ3) is 4.56. The summed E-state index contributed by atoms with van der Waals surface area (Å²) in [6.07, 6.45) is 5.15. The number of aliphatic hydroxyl groups is 1. The van der Waals surface area contributed by atoms with Crippen molar-refractivity contribution < 1.29 is 14.3 Å². The van der Waals surface area contributed by atoms with Gasteiger partial charge in [0.2, 0.25) is 0 Å². The van der Waals surface area contributed by atoms with E-state index in [4.69, 9.17) is 0 Å². The maximum absolute atomic E-state index is 14.5. The van der Waals surface area contributed by atoms with Gasteiger partial charge in [0.15, 0.2) is 0 Å². The molecule has 1 fully saturated rings. The van der Waals surface area contributed by atoms with Crippen LogP contribution in [-0.4, -0.2) is 49.7 Å². The van der Waals surface area contributed by atoms with Crippen LogP contribution in [0.15, 0.2) is 30.6 Å². The van der Waals surface area contributed by atoms with Gasteiger partial charge in [-0.1, -0.05) is 0 Å². The summed E-state index contributed by atoms with van der Waals surface area (Å²) >= 11 is 0. The number of anilines is 1. The minimum absolute atomic E-state index is 0.0182. The van der Waals surface area contributed by atoms with Gasteiger partial charge in [0.1, 0.15) is 17.3 Å². The van der Waals surface area contributed by atoms with Crippen molar-refractivity contribution in [2.45, 2.75) is 38.8 Å². The van der Waals surface area contributed by atoms with Crippen LogP contribution in [0.5, 0.6) is 0 Å². The number of aliphatic hydroxyl groups excluding tert-OH is 1. The Morgan fingerprint density at radius 2 is 2.06 bits per heavy atom. The van der Waals surface area contributed by atoms with Crippen LogP contribution in [0, 0.1) is 12.7 Å². The van der Waals surface area contributed by atoms with Crippen molar-refractivity contribution in [3.05, 3.63) is 47.5 Å². The van der Waals surface area contributed by atoms with Crippen LogP contribution < -0.4 is 10.6 Å². The van der Waals surface area contributed by atoms with Crippen LogP contribution in [0.3, 0.4) is 0 Å². The Labute approximate surface area is 179 Å². The first-order chi connectivity index (χ1) is 14.9. The summed E-state index contributed by atoms with van der Waals surface area (Å²) in [5.41, 5.74) is 3.44. The van der Waals surface area contributed by atoms with E-state index in [0.29, 0.717) is 28.2 Å². The van der Waals surface area contributed by atoms with Crippen LogP contribution in [0.4, 0.5) is 10.2 Å². The average molecular weight is 424 g/mol. The van der Waals surface area contributed by atoms with Crippen LogP contribution in [0.2, 0.25) is 0 Å². The molecule has 9 heteroatoms. The second-order valence-corrected chi connectivity index (χ2v) is 7.96. The third-order valence-corrected chi connectivity index (χ3v) is 5.20. The molecule has 8 nitrogen and oxygen atoms in total. The number of carbonyl (C=O) groups is 1. The van der Waals surface area contributed by atoms with Gasteiger partial charge in [0, 0.05) is 36.5 Å². The SMILES string of the molecule is Cc1cc(F)c(C(=O)NC2CC2)cc1-c1cnc(N[C@@H](C)CO)c(-c2cnn(C)n2)c1. The molecule has 0 radical (unpaired) electrons. The third-order valence-electron chi connectivity index (χ3n) is 5.20. The molecule has 1 aliphatic rings. The fraction of sp³-hybridized carbons (Fsp3) is 0.364. The van der Waals surface area contributed by atoms with Crippen molar-refractivity contribution in [3.8, 4) is 22.4 Å². The predicted octanol–water partition coefficient (Wildman–Crippen LogP) is 2.68. The average Bonchev–Trinajstić information content (AvgIpc) is 3.45. The summed E-state index contributed by atoms with van der Waals surface area (Å²) in [6.45, 7) is 3.58. The minimum atomic E-state index is -0.545. The first-order valence-corrected chi connectivity index (χ1v) is 10.2. The molecule has 1 atom stereocenters. The predicted molar refractivity (Wildman–Crippen MR) is 115 cm³/mol. The topological polar surface area (TPSA) is 105 Å². The van der Waals surface area contributed by atoms with Crippen molar-refractivity contribution in [1.29, 1.82) is 0 Å². The number of aryl methyl sites for hydroxylation is 2. The van der Waals surface area contributed by atoms with Gasteiger partial charge in [0.25, 0.3) is 5.91 Å². The number of pyridine rings is 1. The Hall–Kier alpha value is -3.33. The van der Waals surface area contributed by atoms with Gasteiger partial charge in [-0.05, 0) is 56.0 Å². The van der Waals surface area contributed by atoms with Gasteiger partial charge in [-0.3, -0.25) is 4.79 Å². The maximum atomic E-state index is 14.5. The van der Waals surface area contributed by atoms with E-state index >= 15 is 0 Å². The molecule has 3 N–H and O–H groups in total. The number of benzene rings is 1. The van der Waals surface area contributed by atoms with E-state index in [9.17, 15) is 14.3 Å². The molecule has 31 heavy (non-hydrogen) atoms. The van der Waals surface area contributed by atoms with Gasteiger partial charge in [-0.15, -0.1) is 0 Å². The molecule has 0 unspecified atom stereocenters. The molecule has 0 bridgehead atoms. The Kier molecular flexibility index (Phi) is 5.69. The quantitative estimate of drug-likeness (QED) is 0.539. The number of halogens is 1. The number of carbonyl (C=O) groups excluding carboxylic acids is 1. The fourth-order valence-corrected chi connectivity index (χ4v) is 3.32. The molecule has 162 valence electrons. The molecule has 1 saturated carbocycles. The normalized spacial score (nSPS) is 14.4. The smallest absolute Gasteiger partial charge is 0.254 e. The fourth-order valence-electron chi connectivity index (χ4n) is 3.32. The van der Waals surface area contributed by atoms with Crippen molar-refractivity contribution in [3.63, 3.8) is 0 Å². The molecule has 4 rings (SSSR count). The molecule has 2 aromatic heterocycles. The molecule has 1 aliphatic carbocycles. The number of nitrogens with zero attached hydrogens (tertiary/aromatic N) is 4. The summed E-state index contributed by atoms with van der Waals surface area (Å²) in [4.78, 5) is 18.5. The zero-order chi connectivity index (χ0) is 22.1. The van der Waals surface area contributed by atoms with E-state index in [1.807, 2.05) is 13.0 Å². The van der Waals surface area contributed by atoms with Crippen molar-refractivity contribution >= 4 is 11.7 Å². The second kappa shape index (κ2) is 8.43. The summed E-state index contributed by atoms with van der Waals surface area (Å²) in [5, 5.41) is 23.9. The monoisotopic (exact) mass is 424 g/mol. The van der Waals surface area contributed by atoms with E-state index in [1.54, 1.807) is 32.4 Å². The van der Waals surface area contributed by atoms with Gasteiger partial charge in [-0.2, -0.15) is 15.0 Å². The number of hydrogen-bond acceptors (Lipinski definition) is 6. The minimum Gasteiger partial charge on any atom is -0.394 e. The van der Waals surface area contributed by atoms with Crippen molar-refractivity contribution in [2.75, 3.05) is 11.9 Å². The van der Waals surface area contributed by atoms with Gasteiger partial charge < -0.3 is 15.7 Å². The zero-order valence-electron chi connectivity index (χ0n) is 17.7. The second-order valence-electron chi connectivity index (χ2n) is 7.96. The van der Waals surface area contributed by atoms with E-state index < -0.39 is 11.7 Å². The summed E-state index contributed by atoms with van der Waals surface area (Å²) in [6, 6.07) is 4.76. The van der Waals surface area contributed by atoms with E-state index in [2.05, 4.69) is 25.8 Å². The standard InChI is InChI=1S/C22H25FN6O2/c1-12-6-19(23)17(22(31)27-15-4-5-15)8-16(12)14-7-18(20-10-25-29(3)28-20)21(24-9-14)26-13(2)11-30/h6-10,13,15,30H,4-5,11H2,1-3H3,(H,24,26)(H,27,31)/t13-/m0/s1. The molecule has 0 saturated heterocycles. The summed E-state index contributed by atoms with van der Waals surface area (Å²) in [5.74, 6) is -0.396. The lowest BCUT2D eigenvalue weighted by Gasteiger charge is -2.16. The molecular formula is C22H25FN6O2. The number of aromatic nitrogens is 4. The van der Waals surface area contributed by atoms with Crippen LogP contribution in [0.1, 0.15) is 35.7 Å². The molecule has 1 amide bonds. The number of nitrogens with one attached hydrogen (secondary N) is 2. The molecular weight excluding hydrogens is 399 g/mol. The molecule has 1 aromatic carbocycles. The summed E-state index contributed by atoms with van der Waals surface area (Å²) < 4.78 is 14.5. The Balaban J connectivity index is 1.77. The number of hydrogen-bond donors (Lipinski definition) is 3. The van der Waals surface area contributed by atoms with Gasteiger partial charge >= 0.3 is 0 Å². The first-order valence-electron chi connectivity index (χ1n) is 10.2. The molecule has 0 aliphatic heterocycles. The van der Waals surface area contributed by atoms with Crippen LogP contribution in [0.25, 0.3) is 22.4 Å². The molecule has 3 aromatic rings. The van der Waals surface area contributed by atoms with Crippen molar-refractivity contribution in [1.82, 2.24) is 25.3 Å². The lowest BCUT2D eigenvalue weighted by Crippen LogP contribution is -2.26. The van der Waals surface area contributed by atoms with Crippen LogP contribution in [-0.2, 0) is 7.05 Å². The highest BCUT2D eigenvalue weighted by molar-refractivity contribution is 5.96. The Morgan fingerprint density at radius 3 is 2.71 bits per heavy atom. The maximum Gasteiger partial charge on any atom is 0.254 e. The highest BCUT2D eigenvalue weighted by Crippen LogP contribution is 2.33. The zero-order valence-corrected chi connectivity index (χ0v) is 17.7. The molecule has 2 heterocycles. The van der Waals surface area contributed by atoms with E-state index in [1.165, 1.54) is 10.9 Å². The first kappa shape index (κ1) is 20.9. The van der Waals surface area contributed by atoms with E-state index in [0.717, 1.165) is 18.4 Å². The van der Waals surface area contributed by atoms with Gasteiger partial charge in [0.05, 0.1) is 18.4 Å². The summed E-state index contributed by atoms with van der Waals surface area (Å²) in [7, 11) is 1.72. The Morgan fingerprint density at radius 1 is 1.29 bits per heavy atom. The highest BCUT2D eigenvalue weighted by atomic mass is 19.1. The Bertz CT molecular complexity index is 1130. The number of rotatable bonds is 7.